The van der Waals surface area contributed by atoms with Crippen LogP contribution in [0, 0.1) is 0 Å². The highest BCUT2D eigenvalue weighted by molar-refractivity contribution is 7.15. The number of amides is 1. The maximum absolute atomic E-state index is 10.7. The van der Waals surface area contributed by atoms with Crippen LogP contribution in [0.3, 0.4) is 0 Å². The number of aromatic nitrogens is 2. The summed E-state index contributed by atoms with van der Waals surface area (Å²) in [7, 11) is 1.78. The number of hydrogen-bond acceptors (Lipinski definition) is 5. The number of primary amides is 1. The van der Waals surface area contributed by atoms with Crippen LogP contribution in [0.2, 0.25) is 0 Å². The molecule has 0 aliphatic heterocycles. The molecule has 2 N–H and O–H groups in total. The lowest BCUT2D eigenvalue weighted by Crippen LogP contribution is -2.30. The molecule has 6 heteroatoms. The van der Waals surface area contributed by atoms with E-state index in [4.69, 9.17) is 5.73 Å². The average Bonchev–Trinajstić information content (AvgIpc) is 2.48. The number of carbonyl (C=O) groups excluding carboxylic acids is 1. The predicted octanol–water partition coefficient (Wildman–Crippen LogP) is 0.757. The zero-order valence-electron chi connectivity index (χ0n) is 9.44. The minimum Gasteiger partial charge on any atom is -0.368 e. The van der Waals surface area contributed by atoms with Gasteiger partial charge in [0.15, 0.2) is 0 Å². The monoisotopic (exact) mass is 228 g/mol. The largest absolute Gasteiger partial charge is 0.368 e. The van der Waals surface area contributed by atoms with E-state index in [1.165, 1.54) is 11.3 Å². The fraction of sp³-hybridized carbons (Fsp3) is 0.667. The van der Waals surface area contributed by atoms with Crippen molar-refractivity contribution in [2.75, 3.05) is 18.5 Å². The van der Waals surface area contributed by atoms with Gasteiger partial charge in [-0.2, -0.15) is 0 Å². The van der Waals surface area contributed by atoms with Crippen LogP contribution in [0.25, 0.3) is 0 Å². The van der Waals surface area contributed by atoms with Gasteiger partial charge in [-0.1, -0.05) is 32.1 Å². The molecule has 1 aromatic heterocycles. The van der Waals surface area contributed by atoms with Crippen LogP contribution in [0.4, 0.5) is 5.13 Å². The van der Waals surface area contributed by atoms with Crippen molar-refractivity contribution in [1.82, 2.24) is 10.2 Å². The quantitative estimate of drug-likeness (QED) is 0.829. The maximum Gasteiger partial charge on any atom is 0.237 e. The summed E-state index contributed by atoms with van der Waals surface area (Å²) in [5.74, 6) is -0.370. The van der Waals surface area contributed by atoms with Crippen molar-refractivity contribution in [3.63, 3.8) is 0 Å². The zero-order chi connectivity index (χ0) is 11.6. The Hall–Kier alpha value is -1.17. The standard InChI is InChI=1S/C9H16N4OS/c1-9(2,3)7-11-12-8(15-7)13(4)5-6(10)14/h5H2,1-4H3,(H2,10,14). The van der Waals surface area contributed by atoms with E-state index in [-0.39, 0.29) is 17.9 Å². The number of nitrogens with zero attached hydrogens (tertiary/aromatic N) is 3. The number of likely N-dealkylation sites (N-methyl/N-ethyl adjacent to an activating group) is 1. The molecule has 0 atom stereocenters. The first kappa shape index (κ1) is 11.9. The summed E-state index contributed by atoms with van der Waals surface area (Å²) in [6.45, 7) is 6.39. The number of carbonyl (C=O) groups is 1. The van der Waals surface area contributed by atoms with Crippen molar-refractivity contribution in [1.29, 1.82) is 0 Å². The van der Waals surface area contributed by atoms with Gasteiger partial charge in [0.25, 0.3) is 0 Å². The molecule has 0 bridgehead atoms. The van der Waals surface area contributed by atoms with E-state index in [2.05, 4.69) is 31.0 Å². The molecule has 84 valence electrons. The third kappa shape index (κ3) is 3.16. The molecule has 5 nitrogen and oxygen atoms in total. The highest BCUT2D eigenvalue weighted by atomic mass is 32.1. The van der Waals surface area contributed by atoms with Crippen LogP contribution < -0.4 is 10.6 Å². The number of rotatable bonds is 3. The molecule has 1 aromatic rings. The van der Waals surface area contributed by atoms with Crippen molar-refractivity contribution in [2.24, 2.45) is 5.73 Å². The lowest BCUT2D eigenvalue weighted by atomic mass is 9.98. The Morgan fingerprint density at radius 2 is 2.07 bits per heavy atom. The molecule has 0 radical (unpaired) electrons. The minimum absolute atomic E-state index is 0.0104. The highest BCUT2D eigenvalue weighted by Crippen LogP contribution is 2.28. The van der Waals surface area contributed by atoms with Crippen molar-refractivity contribution in [3.8, 4) is 0 Å². The van der Waals surface area contributed by atoms with E-state index >= 15 is 0 Å². The van der Waals surface area contributed by atoms with E-state index in [9.17, 15) is 4.79 Å². The summed E-state index contributed by atoms with van der Waals surface area (Å²) in [6.07, 6.45) is 0. The maximum atomic E-state index is 10.7. The molecular formula is C9H16N4OS. The molecule has 15 heavy (non-hydrogen) atoms. The van der Waals surface area contributed by atoms with Crippen molar-refractivity contribution >= 4 is 22.4 Å². The second-order valence-electron chi connectivity index (χ2n) is 4.46. The average molecular weight is 228 g/mol. The van der Waals surface area contributed by atoms with Crippen molar-refractivity contribution in [2.45, 2.75) is 26.2 Å². The number of hydrogen-bond donors (Lipinski definition) is 1. The SMILES string of the molecule is CN(CC(N)=O)c1nnc(C(C)(C)C)s1. The van der Waals surface area contributed by atoms with E-state index < -0.39 is 0 Å². The first-order valence-corrected chi connectivity index (χ1v) is 5.46. The number of nitrogens with two attached hydrogens (primary N) is 1. The van der Waals surface area contributed by atoms with Gasteiger partial charge in [-0.3, -0.25) is 4.79 Å². The fourth-order valence-electron chi connectivity index (χ4n) is 0.974. The summed E-state index contributed by atoms with van der Waals surface area (Å²) in [4.78, 5) is 12.4. The van der Waals surface area contributed by atoms with Gasteiger partial charge in [-0.15, -0.1) is 10.2 Å². The Morgan fingerprint density at radius 1 is 1.47 bits per heavy atom. The molecule has 0 unspecified atom stereocenters. The Bertz CT molecular complexity index is 355. The summed E-state index contributed by atoms with van der Waals surface area (Å²) in [5, 5.41) is 9.79. The van der Waals surface area contributed by atoms with Crippen LogP contribution in [-0.4, -0.2) is 29.7 Å². The van der Waals surface area contributed by atoms with Gasteiger partial charge in [0.05, 0.1) is 6.54 Å². The molecule has 1 rings (SSSR count). The summed E-state index contributed by atoms with van der Waals surface area (Å²) in [6, 6.07) is 0. The van der Waals surface area contributed by atoms with E-state index in [0.29, 0.717) is 0 Å². The Kier molecular flexibility index (Phi) is 3.28. The molecule has 0 aromatic carbocycles. The molecule has 1 amide bonds. The van der Waals surface area contributed by atoms with Gasteiger partial charge < -0.3 is 10.6 Å². The Labute approximate surface area is 93.3 Å². The molecule has 0 saturated carbocycles. The summed E-state index contributed by atoms with van der Waals surface area (Å²) >= 11 is 1.49. The van der Waals surface area contributed by atoms with Crippen LogP contribution in [-0.2, 0) is 10.2 Å². The van der Waals surface area contributed by atoms with Gasteiger partial charge in [0.2, 0.25) is 11.0 Å². The van der Waals surface area contributed by atoms with Gasteiger partial charge in [-0.25, -0.2) is 0 Å². The molecule has 0 fully saturated rings. The van der Waals surface area contributed by atoms with Crippen molar-refractivity contribution < 1.29 is 4.79 Å². The van der Waals surface area contributed by atoms with E-state index in [1.54, 1.807) is 11.9 Å². The lowest BCUT2D eigenvalue weighted by Gasteiger charge is -2.14. The second kappa shape index (κ2) is 4.14. The predicted molar refractivity (Wildman–Crippen MR) is 61.1 cm³/mol. The molecule has 0 aliphatic carbocycles. The lowest BCUT2D eigenvalue weighted by molar-refractivity contribution is -0.116. The smallest absolute Gasteiger partial charge is 0.237 e. The zero-order valence-corrected chi connectivity index (χ0v) is 10.3. The molecule has 0 aliphatic rings. The normalized spacial score (nSPS) is 11.5. The number of anilines is 1. The van der Waals surface area contributed by atoms with Crippen LogP contribution in [0.5, 0.6) is 0 Å². The molecule has 0 spiro atoms. The Morgan fingerprint density at radius 3 is 2.47 bits per heavy atom. The van der Waals surface area contributed by atoms with E-state index in [1.807, 2.05) is 0 Å². The van der Waals surface area contributed by atoms with Gasteiger partial charge in [0, 0.05) is 12.5 Å². The van der Waals surface area contributed by atoms with Gasteiger partial charge >= 0.3 is 0 Å². The van der Waals surface area contributed by atoms with E-state index in [0.717, 1.165) is 10.1 Å². The first-order valence-electron chi connectivity index (χ1n) is 4.64. The molecule has 0 saturated heterocycles. The van der Waals surface area contributed by atoms with Crippen LogP contribution in [0.1, 0.15) is 25.8 Å². The Balaban J connectivity index is 2.80. The molecule has 1 heterocycles. The van der Waals surface area contributed by atoms with Crippen LogP contribution in [0.15, 0.2) is 0 Å². The third-order valence-electron chi connectivity index (χ3n) is 1.78. The first-order chi connectivity index (χ1) is 6.80. The fourth-order valence-corrected chi connectivity index (χ4v) is 1.84. The second-order valence-corrected chi connectivity index (χ2v) is 5.42. The topological polar surface area (TPSA) is 72.1 Å². The van der Waals surface area contributed by atoms with Gasteiger partial charge in [0.1, 0.15) is 5.01 Å². The van der Waals surface area contributed by atoms with Crippen LogP contribution >= 0.6 is 11.3 Å². The van der Waals surface area contributed by atoms with Crippen molar-refractivity contribution in [3.05, 3.63) is 5.01 Å². The third-order valence-corrected chi connectivity index (χ3v) is 3.24. The molecular weight excluding hydrogens is 212 g/mol. The van der Waals surface area contributed by atoms with Gasteiger partial charge in [-0.05, 0) is 0 Å². The summed E-state index contributed by atoms with van der Waals surface area (Å²) < 4.78 is 0. The summed E-state index contributed by atoms with van der Waals surface area (Å²) in [5.41, 5.74) is 5.09. The minimum atomic E-state index is -0.370. The highest BCUT2D eigenvalue weighted by Gasteiger charge is 2.20.